The molecular weight excluding hydrogens is 295 g/mol. The van der Waals surface area contributed by atoms with Crippen molar-refractivity contribution in [2.45, 2.75) is 6.92 Å². The molecule has 0 saturated carbocycles. The van der Waals surface area contributed by atoms with Gasteiger partial charge in [0.1, 0.15) is 0 Å². The molecule has 7 heteroatoms. The molecule has 9 heavy (non-hydrogen) atoms. The largest absolute Gasteiger partial charge is 0.481 e. The standard InChI is InChI=1S/C2H4O2.Lu.4H2O/c1-2(3)4;;;;;/h1H3,(H,3,4);;4*1H2. The van der Waals surface area contributed by atoms with Crippen LogP contribution in [-0.2, 0) is 4.79 Å². The molecule has 0 atom stereocenters. The zero-order valence-electron chi connectivity index (χ0n) is 4.61. The Morgan fingerprint density at radius 2 is 1.11 bits per heavy atom. The minimum absolute atomic E-state index is 0. The summed E-state index contributed by atoms with van der Waals surface area (Å²) in [6.45, 7) is 1.08. The van der Waals surface area contributed by atoms with Gasteiger partial charge in [-0.2, -0.15) is 0 Å². The Balaban J connectivity index is -0.00000000450. The summed E-state index contributed by atoms with van der Waals surface area (Å²) in [7, 11) is 0. The molecule has 1 radical (unpaired) electrons. The Bertz CT molecular complexity index is 34.0. The molecule has 0 amide bonds. The van der Waals surface area contributed by atoms with Crippen molar-refractivity contribution in [3.05, 3.63) is 0 Å². The Morgan fingerprint density at radius 3 is 1.11 bits per heavy atom. The van der Waals surface area contributed by atoms with Gasteiger partial charge >= 0.3 is 0 Å². The maximum atomic E-state index is 9.00. The molecule has 0 aromatic carbocycles. The molecule has 0 rings (SSSR count). The van der Waals surface area contributed by atoms with Gasteiger partial charge in [0, 0.05) is 43.8 Å². The van der Waals surface area contributed by atoms with E-state index in [0.717, 1.165) is 6.92 Å². The third-order valence-corrected chi connectivity index (χ3v) is 0. The average molecular weight is 307 g/mol. The molecule has 9 N–H and O–H groups in total. The van der Waals surface area contributed by atoms with Gasteiger partial charge in [-0.1, -0.05) is 0 Å². The topological polar surface area (TPSA) is 163 Å². The van der Waals surface area contributed by atoms with Crippen molar-refractivity contribution < 1.29 is 68.7 Å². The Labute approximate surface area is 81.3 Å². The van der Waals surface area contributed by atoms with Crippen LogP contribution < -0.4 is 0 Å². The van der Waals surface area contributed by atoms with Crippen molar-refractivity contribution in [1.29, 1.82) is 0 Å². The van der Waals surface area contributed by atoms with E-state index in [2.05, 4.69) is 0 Å². The van der Waals surface area contributed by atoms with E-state index in [1.165, 1.54) is 0 Å². The molecule has 0 aliphatic rings. The molecule has 0 aliphatic heterocycles. The van der Waals surface area contributed by atoms with E-state index in [4.69, 9.17) is 9.90 Å². The van der Waals surface area contributed by atoms with Crippen LogP contribution in [0.3, 0.4) is 0 Å². The Kier molecular flexibility index (Phi) is 239. The van der Waals surface area contributed by atoms with Crippen LogP contribution in [-0.4, -0.2) is 33.0 Å². The third-order valence-electron chi connectivity index (χ3n) is 0. The predicted octanol–water partition coefficient (Wildman–Crippen LogP) is -3.21. The van der Waals surface area contributed by atoms with Crippen LogP contribution in [0.4, 0.5) is 0 Å². The molecule has 0 bridgehead atoms. The fraction of sp³-hybridized carbons (Fsp3) is 0.500. The summed E-state index contributed by atoms with van der Waals surface area (Å²) in [5.74, 6) is -0.833. The van der Waals surface area contributed by atoms with Crippen LogP contribution >= 0.6 is 0 Å². The summed E-state index contributed by atoms with van der Waals surface area (Å²) in [5.41, 5.74) is 0. The van der Waals surface area contributed by atoms with Gasteiger partial charge in [-0.3, -0.25) is 4.79 Å². The second-order valence-corrected chi connectivity index (χ2v) is 0.519. The molecule has 0 heterocycles. The molecule has 0 aromatic heterocycles. The van der Waals surface area contributed by atoms with Crippen LogP contribution in [0.15, 0.2) is 0 Å². The van der Waals surface area contributed by atoms with Crippen LogP contribution in [0.5, 0.6) is 0 Å². The second-order valence-electron chi connectivity index (χ2n) is 0.519. The SMILES string of the molecule is CC(=O)O.O.O.O.O.[Lu]. The summed E-state index contributed by atoms with van der Waals surface area (Å²) in [4.78, 5) is 9.00. The van der Waals surface area contributed by atoms with Crippen molar-refractivity contribution in [3.8, 4) is 0 Å². The Morgan fingerprint density at radius 1 is 1.11 bits per heavy atom. The van der Waals surface area contributed by atoms with Crippen molar-refractivity contribution in [1.82, 2.24) is 0 Å². The van der Waals surface area contributed by atoms with Crippen molar-refractivity contribution in [2.24, 2.45) is 0 Å². The quantitative estimate of drug-likeness (QED) is 0.498. The van der Waals surface area contributed by atoms with Crippen molar-refractivity contribution in [2.75, 3.05) is 0 Å². The fourth-order valence-corrected chi connectivity index (χ4v) is 0. The van der Waals surface area contributed by atoms with E-state index in [1.807, 2.05) is 0 Å². The van der Waals surface area contributed by atoms with Gasteiger partial charge in [0.05, 0.1) is 0 Å². The maximum Gasteiger partial charge on any atom is 0.300 e. The van der Waals surface area contributed by atoms with E-state index in [1.54, 1.807) is 0 Å². The number of carboxylic acid groups (broad SMARTS) is 1. The monoisotopic (exact) mass is 307 g/mol. The third kappa shape index (κ3) is 1240. The number of rotatable bonds is 0. The van der Waals surface area contributed by atoms with Crippen molar-refractivity contribution >= 4 is 5.97 Å². The molecule has 0 saturated heterocycles. The molecule has 0 fully saturated rings. The fourth-order valence-electron chi connectivity index (χ4n) is 0. The first-order valence-corrected chi connectivity index (χ1v) is 0.928. The smallest absolute Gasteiger partial charge is 0.300 e. The van der Waals surface area contributed by atoms with Gasteiger partial charge in [-0.25, -0.2) is 0 Å². The zero-order valence-corrected chi connectivity index (χ0v) is 6.27. The van der Waals surface area contributed by atoms with E-state index >= 15 is 0 Å². The molecule has 0 aromatic rings. The van der Waals surface area contributed by atoms with Gasteiger partial charge in [0.15, 0.2) is 0 Å². The molecule has 6 nitrogen and oxygen atoms in total. The van der Waals surface area contributed by atoms with Gasteiger partial charge in [-0.15, -0.1) is 0 Å². The maximum absolute atomic E-state index is 9.00. The molecule has 0 aliphatic carbocycles. The van der Waals surface area contributed by atoms with Gasteiger partial charge in [-0.05, 0) is 0 Å². The molecular formula is C2H12LuO6. The molecule has 71 valence electrons. The minimum Gasteiger partial charge on any atom is -0.481 e. The predicted molar refractivity (Wildman–Crippen MR) is 27.8 cm³/mol. The van der Waals surface area contributed by atoms with Crippen LogP contribution in [0.25, 0.3) is 0 Å². The summed E-state index contributed by atoms with van der Waals surface area (Å²) in [6.07, 6.45) is 0. The van der Waals surface area contributed by atoms with Gasteiger partial charge in [0.25, 0.3) is 5.97 Å². The van der Waals surface area contributed by atoms with E-state index in [-0.39, 0.29) is 58.8 Å². The van der Waals surface area contributed by atoms with Crippen molar-refractivity contribution in [3.63, 3.8) is 0 Å². The molecule has 0 spiro atoms. The zero-order chi connectivity index (χ0) is 3.58. The first-order chi connectivity index (χ1) is 1.73. The van der Waals surface area contributed by atoms with Gasteiger partial charge in [0.2, 0.25) is 0 Å². The van der Waals surface area contributed by atoms with Crippen LogP contribution in [0.1, 0.15) is 6.92 Å². The average Bonchev–Trinajstić information content (AvgIpc) is 0.811. The first kappa shape index (κ1) is 55.5. The summed E-state index contributed by atoms with van der Waals surface area (Å²) in [6, 6.07) is 0. The first-order valence-electron chi connectivity index (χ1n) is 0.928. The van der Waals surface area contributed by atoms with E-state index in [9.17, 15) is 0 Å². The van der Waals surface area contributed by atoms with Gasteiger partial charge < -0.3 is 27.0 Å². The number of carbonyl (C=O) groups is 1. The summed E-state index contributed by atoms with van der Waals surface area (Å²) < 4.78 is 0. The number of carboxylic acids is 1. The second kappa shape index (κ2) is 38.7. The number of aliphatic carboxylic acids is 1. The minimum atomic E-state index is -0.833. The van der Waals surface area contributed by atoms with Crippen LogP contribution in [0, 0.1) is 36.9 Å². The summed E-state index contributed by atoms with van der Waals surface area (Å²) in [5, 5.41) is 7.42. The van der Waals surface area contributed by atoms with E-state index in [0.29, 0.717) is 0 Å². The summed E-state index contributed by atoms with van der Waals surface area (Å²) >= 11 is 0. The number of hydrogen-bond donors (Lipinski definition) is 1. The number of hydrogen-bond acceptors (Lipinski definition) is 1. The Hall–Kier alpha value is 0.544. The van der Waals surface area contributed by atoms with Crippen LogP contribution in [0.2, 0.25) is 0 Å². The van der Waals surface area contributed by atoms with E-state index < -0.39 is 5.97 Å². The normalized spacial score (nSPS) is 2.78. The molecule has 0 unspecified atom stereocenters.